The molecule has 0 aromatic carbocycles. The standard InChI is InChI=1S/C21H35N7O3/c1-15-14-25(5)6-11-28(15)18-13-16(12-17(23-18)19(22)24-30)26-7-9-27(10-8-26)20(29)31-21(2,3)4/h12-13,15,30H,6-11,14H2,1-5H3,(H2,22,24)/t15-/m0/s1. The van der Waals surface area contributed by atoms with Crippen molar-refractivity contribution in [2.75, 3.05) is 62.7 Å². The number of amidine groups is 1. The molecule has 172 valence electrons. The van der Waals surface area contributed by atoms with E-state index in [2.05, 4.69) is 44.9 Å². The van der Waals surface area contributed by atoms with Gasteiger partial charge in [-0.25, -0.2) is 9.78 Å². The third kappa shape index (κ3) is 5.69. The number of nitrogens with zero attached hydrogens (tertiary/aromatic N) is 6. The van der Waals surface area contributed by atoms with Crippen LogP contribution >= 0.6 is 0 Å². The molecule has 31 heavy (non-hydrogen) atoms. The molecule has 0 spiro atoms. The second kappa shape index (κ2) is 9.17. The number of carbonyl (C=O) groups is 1. The molecule has 0 unspecified atom stereocenters. The van der Waals surface area contributed by atoms with Gasteiger partial charge in [-0.2, -0.15) is 0 Å². The third-order valence-corrected chi connectivity index (χ3v) is 5.59. The SMILES string of the molecule is C[C@H]1CN(C)CCN1c1cc(N2CCN(C(=O)OC(C)(C)C)CC2)cc(/C(N)=N/O)n1. The van der Waals surface area contributed by atoms with Gasteiger partial charge in [0.25, 0.3) is 0 Å². The molecule has 2 fully saturated rings. The second-order valence-electron chi connectivity index (χ2n) is 9.31. The Labute approximate surface area is 184 Å². The van der Waals surface area contributed by atoms with Crippen LogP contribution in [0.4, 0.5) is 16.3 Å². The van der Waals surface area contributed by atoms with Crippen LogP contribution in [0.5, 0.6) is 0 Å². The van der Waals surface area contributed by atoms with Crippen molar-refractivity contribution < 1.29 is 14.7 Å². The Kier molecular flexibility index (Phi) is 6.78. The number of ether oxygens (including phenoxy) is 1. The van der Waals surface area contributed by atoms with Gasteiger partial charge in [-0.15, -0.1) is 0 Å². The maximum Gasteiger partial charge on any atom is 0.410 e. The summed E-state index contributed by atoms with van der Waals surface area (Å²) in [6, 6.07) is 4.19. The lowest BCUT2D eigenvalue weighted by atomic mass is 10.1. The number of anilines is 2. The molecule has 1 aromatic heterocycles. The quantitative estimate of drug-likeness (QED) is 0.318. The lowest BCUT2D eigenvalue weighted by Gasteiger charge is -2.40. The summed E-state index contributed by atoms with van der Waals surface area (Å²) in [7, 11) is 2.11. The van der Waals surface area contributed by atoms with Crippen molar-refractivity contribution in [1.82, 2.24) is 14.8 Å². The lowest BCUT2D eigenvalue weighted by Crippen LogP contribution is -2.51. The molecule has 3 rings (SSSR count). The van der Waals surface area contributed by atoms with Crippen molar-refractivity contribution in [2.24, 2.45) is 10.9 Å². The highest BCUT2D eigenvalue weighted by Gasteiger charge is 2.28. The summed E-state index contributed by atoms with van der Waals surface area (Å²) < 4.78 is 5.49. The van der Waals surface area contributed by atoms with Crippen LogP contribution in [0.2, 0.25) is 0 Å². The van der Waals surface area contributed by atoms with E-state index in [0.29, 0.717) is 37.9 Å². The van der Waals surface area contributed by atoms with Crippen LogP contribution < -0.4 is 15.5 Å². The Morgan fingerprint density at radius 2 is 1.87 bits per heavy atom. The molecule has 0 saturated carbocycles. The van der Waals surface area contributed by atoms with Crippen LogP contribution in [0.25, 0.3) is 0 Å². The molecule has 2 saturated heterocycles. The van der Waals surface area contributed by atoms with E-state index in [0.717, 1.165) is 31.1 Å². The normalized spacial score (nSPS) is 21.4. The number of carbonyl (C=O) groups excluding carboxylic acids is 1. The molecule has 0 aliphatic carbocycles. The van der Waals surface area contributed by atoms with Crippen LogP contribution in [0.1, 0.15) is 33.4 Å². The number of likely N-dealkylation sites (N-methyl/N-ethyl adjacent to an activating group) is 1. The molecular formula is C21H35N7O3. The number of amides is 1. The number of hydrogen-bond donors (Lipinski definition) is 2. The van der Waals surface area contributed by atoms with Crippen LogP contribution in [-0.4, -0.2) is 96.4 Å². The Morgan fingerprint density at radius 3 is 2.45 bits per heavy atom. The molecule has 2 aliphatic rings. The Bertz CT molecular complexity index is 816. The summed E-state index contributed by atoms with van der Waals surface area (Å²) in [6.07, 6.45) is -0.286. The monoisotopic (exact) mass is 433 g/mol. The van der Waals surface area contributed by atoms with Crippen LogP contribution in [0.15, 0.2) is 17.3 Å². The van der Waals surface area contributed by atoms with E-state index < -0.39 is 5.60 Å². The Balaban J connectivity index is 1.79. The van der Waals surface area contributed by atoms with E-state index in [1.807, 2.05) is 26.8 Å². The second-order valence-corrected chi connectivity index (χ2v) is 9.31. The van der Waals surface area contributed by atoms with E-state index in [1.165, 1.54) is 0 Å². The summed E-state index contributed by atoms with van der Waals surface area (Å²) in [5, 5.41) is 12.3. The van der Waals surface area contributed by atoms with Gasteiger partial charge in [0.15, 0.2) is 5.84 Å². The van der Waals surface area contributed by atoms with Gasteiger partial charge in [0.1, 0.15) is 17.1 Å². The molecule has 1 amide bonds. The first-order chi connectivity index (χ1) is 14.6. The van der Waals surface area contributed by atoms with E-state index in [1.54, 1.807) is 4.90 Å². The molecule has 1 atom stereocenters. The molecule has 0 radical (unpaired) electrons. The first-order valence-electron chi connectivity index (χ1n) is 10.8. The molecule has 3 N–H and O–H groups in total. The number of pyridine rings is 1. The average Bonchev–Trinajstić information content (AvgIpc) is 2.71. The maximum absolute atomic E-state index is 12.4. The minimum Gasteiger partial charge on any atom is -0.444 e. The summed E-state index contributed by atoms with van der Waals surface area (Å²) in [5.74, 6) is 0.798. The number of oxime groups is 1. The van der Waals surface area contributed by atoms with Crippen LogP contribution in [-0.2, 0) is 4.74 Å². The zero-order valence-electron chi connectivity index (χ0n) is 19.2. The summed E-state index contributed by atoms with van der Waals surface area (Å²) in [4.78, 5) is 25.5. The van der Waals surface area contributed by atoms with Gasteiger partial charge in [-0.3, -0.25) is 0 Å². The highest BCUT2D eigenvalue weighted by atomic mass is 16.6. The van der Waals surface area contributed by atoms with Gasteiger partial charge in [-0.1, -0.05) is 5.16 Å². The first kappa shape index (κ1) is 22.9. The fourth-order valence-corrected chi connectivity index (χ4v) is 3.97. The van der Waals surface area contributed by atoms with Gasteiger partial charge < -0.3 is 35.3 Å². The van der Waals surface area contributed by atoms with Crippen molar-refractivity contribution in [3.8, 4) is 0 Å². The van der Waals surface area contributed by atoms with Gasteiger partial charge in [-0.05, 0) is 40.8 Å². The predicted molar refractivity (Wildman–Crippen MR) is 121 cm³/mol. The topological polar surface area (TPSA) is 111 Å². The molecule has 2 aliphatic heterocycles. The Hall–Kier alpha value is -2.75. The fourth-order valence-electron chi connectivity index (χ4n) is 3.97. The van der Waals surface area contributed by atoms with Gasteiger partial charge in [0, 0.05) is 63.6 Å². The third-order valence-electron chi connectivity index (χ3n) is 5.59. The molecule has 10 heteroatoms. The zero-order valence-corrected chi connectivity index (χ0v) is 19.2. The number of nitrogens with two attached hydrogens (primary N) is 1. The maximum atomic E-state index is 12.4. The molecule has 1 aromatic rings. The van der Waals surface area contributed by atoms with E-state index >= 15 is 0 Å². The molecule has 10 nitrogen and oxygen atoms in total. The van der Waals surface area contributed by atoms with Crippen LogP contribution in [0, 0.1) is 0 Å². The summed E-state index contributed by atoms with van der Waals surface area (Å²) in [5.41, 5.74) is 6.77. The van der Waals surface area contributed by atoms with Crippen molar-refractivity contribution in [3.63, 3.8) is 0 Å². The van der Waals surface area contributed by atoms with Crippen LogP contribution in [0.3, 0.4) is 0 Å². The molecule has 0 bridgehead atoms. The highest BCUT2D eigenvalue weighted by molar-refractivity contribution is 5.96. The number of piperazine rings is 2. The summed E-state index contributed by atoms with van der Waals surface area (Å²) in [6.45, 7) is 13.0. The smallest absolute Gasteiger partial charge is 0.410 e. The van der Waals surface area contributed by atoms with Gasteiger partial charge in [0.2, 0.25) is 0 Å². The van der Waals surface area contributed by atoms with E-state index in [9.17, 15) is 10.0 Å². The minimum absolute atomic E-state index is 0.0164. The lowest BCUT2D eigenvalue weighted by molar-refractivity contribution is 0.0240. The first-order valence-corrected chi connectivity index (χ1v) is 10.8. The van der Waals surface area contributed by atoms with E-state index in [4.69, 9.17) is 10.5 Å². The molecular weight excluding hydrogens is 398 g/mol. The van der Waals surface area contributed by atoms with Gasteiger partial charge in [0.05, 0.1) is 0 Å². The minimum atomic E-state index is -0.510. The predicted octanol–water partition coefficient (Wildman–Crippen LogP) is 1.37. The van der Waals surface area contributed by atoms with Crippen molar-refractivity contribution in [1.29, 1.82) is 0 Å². The number of hydrogen-bond acceptors (Lipinski definition) is 8. The van der Waals surface area contributed by atoms with Crippen molar-refractivity contribution in [2.45, 2.75) is 39.3 Å². The number of aromatic nitrogens is 1. The molecule has 3 heterocycles. The largest absolute Gasteiger partial charge is 0.444 e. The number of rotatable bonds is 3. The Morgan fingerprint density at radius 1 is 1.19 bits per heavy atom. The average molecular weight is 434 g/mol. The van der Waals surface area contributed by atoms with Gasteiger partial charge >= 0.3 is 6.09 Å². The summed E-state index contributed by atoms with van der Waals surface area (Å²) >= 11 is 0. The van der Waals surface area contributed by atoms with Crippen molar-refractivity contribution in [3.05, 3.63) is 17.8 Å². The van der Waals surface area contributed by atoms with E-state index in [-0.39, 0.29) is 11.9 Å². The fraction of sp³-hybridized carbons (Fsp3) is 0.667. The zero-order chi connectivity index (χ0) is 22.8. The van der Waals surface area contributed by atoms with Crippen molar-refractivity contribution >= 4 is 23.4 Å². The highest BCUT2D eigenvalue weighted by Crippen LogP contribution is 2.26.